The van der Waals surface area contributed by atoms with Crippen molar-refractivity contribution >= 4 is 16.0 Å². The summed E-state index contributed by atoms with van der Waals surface area (Å²) < 4.78 is 32.8. The zero-order chi connectivity index (χ0) is 15.9. The maximum Gasteiger partial charge on any atom is 0.341 e. The lowest BCUT2D eigenvalue weighted by atomic mass is 10.2. The number of benzene rings is 1. The van der Waals surface area contributed by atoms with E-state index in [2.05, 4.69) is 6.92 Å². The number of nitrogens with two attached hydrogens (primary N) is 1. The number of hydrogen-bond acceptors (Lipinski definition) is 5. The average molecular weight is 315 g/mol. The summed E-state index contributed by atoms with van der Waals surface area (Å²) in [5, 5.41) is 5.05. The molecule has 1 aromatic rings. The molecule has 0 amide bonds. The van der Waals surface area contributed by atoms with Gasteiger partial charge in [0.05, 0.1) is 18.6 Å². The lowest BCUT2D eigenvalue weighted by Crippen LogP contribution is -2.14. The number of methoxy groups -OCH3 is 1. The van der Waals surface area contributed by atoms with Crippen LogP contribution < -0.4 is 9.88 Å². The minimum Gasteiger partial charge on any atom is -0.496 e. The molecule has 0 spiro atoms. The Hall–Kier alpha value is -1.60. The number of unbranched alkanes of at least 4 members (excludes halogenated alkanes) is 3. The predicted molar refractivity (Wildman–Crippen MR) is 78.8 cm³/mol. The van der Waals surface area contributed by atoms with Gasteiger partial charge in [-0.15, -0.1) is 0 Å². The Bertz CT molecular complexity index is 583. The van der Waals surface area contributed by atoms with E-state index in [0.29, 0.717) is 6.61 Å². The number of rotatable bonds is 8. The molecule has 0 aliphatic heterocycles. The van der Waals surface area contributed by atoms with Crippen molar-refractivity contribution in [3.05, 3.63) is 23.8 Å². The van der Waals surface area contributed by atoms with Crippen molar-refractivity contribution in [2.45, 2.75) is 37.5 Å². The molecule has 0 unspecified atom stereocenters. The lowest BCUT2D eigenvalue weighted by molar-refractivity contribution is 0.0494. The highest BCUT2D eigenvalue weighted by Gasteiger charge is 2.18. The molecule has 1 aromatic carbocycles. The third kappa shape index (κ3) is 5.35. The predicted octanol–water partition coefficient (Wildman–Crippen LogP) is 2.08. The highest BCUT2D eigenvalue weighted by atomic mass is 32.2. The normalized spacial score (nSPS) is 11.2. The Morgan fingerprint density at radius 3 is 2.52 bits per heavy atom. The van der Waals surface area contributed by atoms with Crippen LogP contribution >= 0.6 is 0 Å². The fourth-order valence-corrected chi connectivity index (χ4v) is 2.33. The van der Waals surface area contributed by atoms with Gasteiger partial charge in [-0.05, 0) is 24.6 Å². The number of ether oxygens (including phenoxy) is 2. The van der Waals surface area contributed by atoms with Crippen LogP contribution in [0.3, 0.4) is 0 Å². The van der Waals surface area contributed by atoms with E-state index in [0.717, 1.165) is 25.7 Å². The standard InChI is InChI=1S/C14H21NO5S/c1-3-4-5-6-9-20-14(16)12-10-11(21(15,17)18)7-8-13(12)19-2/h7-8,10H,3-6,9H2,1-2H3,(H2,15,17,18). The van der Waals surface area contributed by atoms with Crippen LogP contribution in [0.5, 0.6) is 5.75 Å². The van der Waals surface area contributed by atoms with Crippen molar-refractivity contribution in [3.63, 3.8) is 0 Å². The molecule has 0 heterocycles. The Morgan fingerprint density at radius 1 is 1.24 bits per heavy atom. The Balaban J connectivity index is 2.82. The monoisotopic (exact) mass is 315 g/mol. The molecule has 0 atom stereocenters. The lowest BCUT2D eigenvalue weighted by Gasteiger charge is -2.10. The van der Waals surface area contributed by atoms with Crippen LogP contribution in [0.1, 0.15) is 43.0 Å². The maximum atomic E-state index is 12.0. The average Bonchev–Trinajstić information content (AvgIpc) is 2.45. The van der Waals surface area contributed by atoms with Crippen molar-refractivity contribution in [3.8, 4) is 5.75 Å². The van der Waals surface area contributed by atoms with Crippen LogP contribution in [0.25, 0.3) is 0 Å². The van der Waals surface area contributed by atoms with E-state index in [1.54, 1.807) is 0 Å². The Labute approximate surface area is 125 Å². The topological polar surface area (TPSA) is 95.7 Å². The molecule has 0 aliphatic carbocycles. The Morgan fingerprint density at radius 2 is 1.95 bits per heavy atom. The number of carbonyl (C=O) groups is 1. The SMILES string of the molecule is CCCCCCOC(=O)c1cc(S(N)(=O)=O)ccc1OC. The Kier molecular flexibility index (Phi) is 6.64. The third-order valence-corrected chi connectivity index (χ3v) is 3.86. The number of esters is 1. The van der Waals surface area contributed by atoms with E-state index in [1.807, 2.05) is 0 Å². The molecule has 7 heteroatoms. The summed E-state index contributed by atoms with van der Waals surface area (Å²) in [5.41, 5.74) is 0.0551. The molecular weight excluding hydrogens is 294 g/mol. The molecule has 21 heavy (non-hydrogen) atoms. The minimum atomic E-state index is -3.88. The number of hydrogen-bond donors (Lipinski definition) is 1. The van der Waals surface area contributed by atoms with Gasteiger partial charge < -0.3 is 9.47 Å². The van der Waals surface area contributed by atoms with Crippen molar-refractivity contribution in [2.24, 2.45) is 5.14 Å². The quantitative estimate of drug-likeness (QED) is 0.585. The van der Waals surface area contributed by atoms with Gasteiger partial charge in [0.2, 0.25) is 10.0 Å². The first-order chi connectivity index (χ1) is 9.90. The zero-order valence-corrected chi connectivity index (χ0v) is 13.1. The van der Waals surface area contributed by atoms with Crippen LogP contribution in [-0.4, -0.2) is 28.1 Å². The van der Waals surface area contributed by atoms with Gasteiger partial charge in [0.15, 0.2) is 0 Å². The summed E-state index contributed by atoms with van der Waals surface area (Å²) in [6, 6.07) is 3.84. The van der Waals surface area contributed by atoms with Gasteiger partial charge in [-0.1, -0.05) is 26.2 Å². The van der Waals surface area contributed by atoms with Crippen LogP contribution in [0.15, 0.2) is 23.1 Å². The third-order valence-electron chi connectivity index (χ3n) is 2.95. The summed E-state index contributed by atoms with van der Waals surface area (Å²) in [6.07, 6.45) is 3.94. The summed E-state index contributed by atoms with van der Waals surface area (Å²) >= 11 is 0. The zero-order valence-electron chi connectivity index (χ0n) is 12.3. The van der Waals surface area contributed by atoms with Crippen molar-refractivity contribution < 1.29 is 22.7 Å². The molecule has 1 rings (SSSR count). The molecule has 0 saturated carbocycles. The fraction of sp³-hybridized carbons (Fsp3) is 0.500. The smallest absolute Gasteiger partial charge is 0.341 e. The van der Waals surface area contributed by atoms with Crippen molar-refractivity contribution in [1.29, 1.82) is 0 Å². The highest BCUT2D eigenvalue weighted by molar-refractivity contribution is 7.89. The molecule has 0 saturated heterocycles. The van der Waals surface area contributed by atoms with E-state index in [9.17, 15) is 13.2 Å². The van der Waals surface area contributed by atoms with E-state index in [4.69, 9.17) is 14.6 Å². The molecule has 0 radical (unpaired) electrons. The number of primary sulfonamides is 1. The van der Waals surface area contributed by atoms with Crippen molar-refractivity contribution in [1.82, 2.24) is 0 Å². The molecule has 0 fully saturated rings. The molecule has 0 aromatic heterocycles. The van der Waals surface area contributed by atoms with Crippen LogP contribution in [0.2, 0.25) is 0 Å². The van der Waals surface area contributed by atoms with Crippen molar-refractivity contribution in [2.75, 3.05) is 13.7 Å². The molecule has 0 aliphatic rings. The largest absolute Gasteiger partial charge is 0.496 e. The second-order valence-electron chi connectivity index (χ2n) is 4.60. The van der Waals surface area contributed by atoms with Gasteiger partial charge in [0.1, 0.15) is 11.3 Å². The highest BCUT2D eigenvalue weighted by Crippen LogP contribution is 2.22. The van der Waals surface area contributed by atoms with Gasteiger partial charge in [0.25, 0.3) is 0 Å². The maximum absolute atomic E-state index is 12.0. The summed E-state index contributed by atoms with van der Waals surface area (Å²) in [7, 11) is -2.49. The molecule has 2 N–H and O–H groups in total. The number of sulfonamides is 1. The van der Waals surface area contributed by atoms with Crippen LogP contribution in [0, 0.1) is 0 Å². The fourth-order valence-electron chi connectivity index (χ4n) is 1.80. The first kappa shape index (κ1) is 17.5. The van der Waals surface area contributed by atoms with Crippen LogP contribution in [-0.2, 0) is 14.8 Å². The van der Waals surface area contributed by atoms with E-state index in [1.165, 1.54) is 25.3 Å². The van der Waals surface area contributed by atoms with Gasteiger partial charge in [0, 0.05) is 0 Å². The van der Waals surface area contributed by atoms with E-state index < -0.39 is 16.0 Å². The number of carbonyl (C=O) groups excluding carboxylic acids is 1. The summed E-state index contributed by atoms with van der Waals surface area (Å²) in [5.74, 6) is -0.366. The minimum absolute atomic E-state index is 0.0551. The molecule has 6 nitrogen and oxygen atoms in total. The molecule has 0 bridgehead atoms. The summed E-state index contributed by atoms with van der Waals surface area (Å²) in [4.78, 5) is 11.8. The first-order valence-electron chi connectivity index (χ1n) is 6.78. The van der Waals surface area contributed by atoms with Gasteiger partial charge in [-0.2, -0.15) is 0 Å². The van der Waals surface area contributed by atoms with Gasteiger partial charge in [-0.25, -0.2) is 18.4 Å². The van der Waals surface area contributed by atoms with E-state index >= 15 is 0 Å². The molecule has 118 valence electrons. The van der Waals surface area contributed by atoms with Gasteiger partial charge in [-0.3, -0.25) is 0 Å². The molecular formula is C14H21NO5S. The van der Waals surface area contributed by atoms with Crippen LogP contribution in [0.4, 0.5) is 0 Å². The van der Waals surface area contributed by atoms with E-state index in [-0.39, 0.29) is 16.2 Å². The summed E-state index contributed by atoms with van der Waals surface area (Å²) in [6.45, 7) is 2.39. The second kappa shape index (κ2) is 7.99. The first-order valence-corrected chi connectivity index (χ1v) is 8.32. The second-order valence-corrected chi connectivity index (χ2v) is 6.17. The van der Waals surface area contributed by atoms with Gasteiger partial charge >= 0.3 is 5.97 Å².